The Labute approximate surface area is 141 Å². The van der Waals surface area contributed by atoms with E-state index in [0.717, 1.165) is 11.8 Å². The Kier molecular flexibility index (Phi) is 5.30. The van der Waals surface area contributed by atoms with Crippen molar-refractivity contribution in [2.75, 3.05) is 13.2 Å². The number of carbonyl (C=O) groups is 1. The van der Waals surface area contributed by atoms with Gasteiger partial charge in [0.1, 0.15) is 0 Å². The van der Waals surface area contributed by atoms with E-state index in [4.69, 9.17) is 4.74 Å². The van der Waals surface area contributed by atoms with Gasteiger partial charge in [-0.1, -0.05) is 38.0 Å². The number of hydrogen-bond acceptors (Lipinski definition) is 3. The molecular weight excluding hydrogens is 304 g/mol. The minimum atomic E-state index is -0.272. The van der Waals surface area contributed by atoms with Gasteiger partial charge in [0.2, 0.25) is 5.56 Å². The van der Waals surface area contributed by atoms with E-state index in [-0.39, 0.29) is 11.5 Å². The normalized spacial score (nSPS) is 20.9. The third kappa shape index (κ3) is 3.85. The van der Waals surface area contributed by atoms with E-state index in [2.05, 4.69) is 17.2 Å². The van der Waals surface area contributed by atoms with Crippen molar-refractivity contribution >= 4 is 16.8 Å². The number of carbonyl (C=O) groups excluding carboxylic acids is 1. The van der Waals surface area contributed by atoms with Gasteiger partial charge < -0.3 is 15.0 Å². The number of amides is 1. The lowest BCUT2D eigenvalue weighted by Crippen LogP contribution is -2.32. The number of pyridine rings is 1. The van der Waals surface area contributed by atoms with E-state index in [1.54, 1.807) is 6.07 Å². The average Bonchev–Trinajstić information content (AvgIpc) is 2.59. The number of aromatic nitrogens is 1. The van der Waals surface area contributed by atoms with Crippen LogP contribution in [0.5, 0.6) is 0 Å². The number of aromatic amines is 1. The number of hydrogen-bond donors (Lipinski definition) is 2. The molecule has 2 N–H and O–H groups in total. The van der Waals surface area contributed by atoms with E-state index in [9.17, 15) is 9.59 Å². The summed E-state index contributed by atoms with van der Waals surface area (Å²) in [5.74, 6) is 0.351. The zero-order valence-corrected chi connectivity index (χ0v) is 14.0. The summed E-state index contributed by atoms with van der Waals surface area (Å²) in [5, 5.41) is 3.60. The van der Waals surface area contributed by atoms with Crippen molar-refractivity contribution in [3.05, 3.63) is 46.2 Å². The molecule has 5 heteroatoms. The van der Waals surface area contributed by atoms with Crippen molar-refractivity contribution in [3.8, 4) is 0 Å². The zero-order chi connectivity index (χ0) is 16.9. The van der Waals surface area contributed by atoms with Gasteiger partial charge in [-0.05, 0) is 24.8 Å². The standard InChI is InChI=1S/C19H24N2O3/c1-13-6-2-5-9-17(13)24-11-10-20-19(23)15-12-18(22)21-16-8-4-3-7-14(15)16/h3-4,7-8,12-13,17H,2,5-6,9-11H2,1H3,(H,20,23)(H,21,22)/t13-,17-/m1/s1. The number of benzene rings is 1. The molecule has 1 saturated carbocycles. The van der Waals surface area contributed by atoms with Crippen LogP contribution in [0.2, 0.25) is 0 Å². The van der Waals surface area contributed by atoms with Crippen molar-refractivity contribution in [1.82, 2.24) is 10.3 Å². The Bertz CT molecular complexity index is 769. The van der Waals surface area contributed by atoms with Gasteiger partial charge in [-0.25, -0.2) is 0 Å². The van der Waals surface area contributed by atoms with Gasteiger partial charge in [-0.15, -0.1) is 0 Å². The lowest BCUT2D eigenvalue weighted by Gasteiger charge is -2.28. The molecule has 2 aromatic rings. The summed E-state index contributed by atoms with van der Waals surface area (Å²) in [4.78, 5) is 26.9. The number of nitrogens with one attached hydrogen (secondary N) is 2. The van der Waals surface area contributed by atoms with Gasteiger partial charge in [0, 0.05) is 23.5 Å². The second-order valence-electron chi connectivity index (χ2n) is 6.52. The summed E-state index contributed by atoms with van der Waals surface area (Å²) in [6.07, 6.45) is 5.13. The van der Waals surface area contributed by atoms with Crippen LogP contribution in [0.1, 0.15) is 43.0 Å². The zero-order valence-electron chi connectivity index (χ0n) is 14.0. The SMILES string of the molecule is C[C@@H]1CCCC[C@H]1OCCNC(=O)c1cc(=O)[nH]c2ccccc12. The fourth-order valence-corrected chi connectivity index (χ4v) is 3.39. The van der Waals surface area contributed by atoms with Gasteiger partial charge in [-0.2, -0.15) is 0 Å². The molecule has 1 aromatic carbocycles. The third-order valence-corrected chi connectivity index (χ3v) is 4.75. The molecule has 1 aliphatic carbocycles. The first-order valence-electron chi connectivity index (χ1n) is 8.67. The molecule has 0 unspecified atom stereocenters. The molecule has 1 aromatic heterocycles. The third-order valence-electron chi connectivity index (χ3n) is 4.75. The molecule has 0 radical (unpaired) electrons. The monoisotopic (exact) mass is 328 g/mol. The van der Waals surface area contributed by atoms with Gasteiger partial charge in [0.15, 0.2) is 0 Å². The molecule has 128 valence electrons. The van der Waals surface area contributed by atoms with Crippen LogP contribution in [0.3, 0.4) is 0 Å². The maximum atomic E-state index is 12.4. The number of ether oxygens (including phenoxy) is 1. The molecular formula is C19H24N2O3. The maximum absolute atomic E-state index is 12.4. The fourth-order valence-electron chi connectivity index (χ4n) is 3.39. The first kappa shape index (κ1) is 16.7. The number of H-pyrrole nitrogens is 1. The van der Waals surface area contributed by atoms with Crippen LogP contribution < -0.4 is 10.9 Å². The molecule has 0 aliphatic heterocycles. The lowest BCUT2D eigenvalue weighted by atomic mass is 9.88. The molecule has 0 saturated heterocycles. The summed E-state index contributed by atoms with van der Waals surface area (Å²) in [6.45, 7) is 3.18. The van der Waals surface area contributed by atoms with Crippen molar-refractivity contribution < 1.29 is 9.53 Å². The first-order chi connectivity index (χ1) is 11.6. The van der Waals surface area contributed by atoms with E-state index in [1.165, 1.54) is 25.3 Å². The Morgan fingerprint density at radius 3 is 2.92 bits per heavy atom. The second kappa shape index (κ2) is 7.62. The summed E-state index contributed by atoms with van der Waals surface area (Å²) in [7, 11) is 0. The molecule has 2 atom stereocenters. The van der Waals surface area contributed by atoms with Crippen LogP contribution >= 0.6 is 0 Å². The van der Waals surface area contributed by atoms with Crippen molar-refractivity contribution in [2.24, 2.45) is 5.92 Å². The predicted molar refractivity (Wildman–Crippen MR) is 94.3 cm³/mol. The van der Waals surface area contributed by atoms with Gasteiger partial charge >= 0.3 is 0 Å². The first-order valence-corrected chi connectivity index (χ1v) is 8.67. The highest BCUT2D eigenvalue weighted by Gasteiger charge is 2.21. The number of rotatable bonds is 5. The van der Waals surface area contributed by atoms with Gasteiger partial charge in [-0.3, -0.25) is 9.59 Å². The molecule has 0 bridgehead atoms. The van der Waals surface area contributed by atoms with Crippen molar-refractivity contribution in [2.45, 2.75) is 38.7 Å². The molecule has 1 aliphatic rings. The van der Waals surface area contributed by atoms with E-state index in [0.29, 0.717) is 36.3 Å². The van der Waals surface area contributed by atoms with Crippen molar-refractivity contribution in [1.29, 1.82) is 0 Å². The number of fused-ring (bicyclic) bond motifs is 1. The van der Waals surface area contributed by atoms with Crippen molar-refractivity contribution in [3.63, 3.8) is 0 Å². The average molecular weight is 328 g/mol. The Morgan fingerprint density at radius 1 is 1.29 bits per heavy atom. The largest absolute Gasteiger partial charge is 0.376 e. The Hall–Kier alpha value is -2.14. The van der Waals surface area contributed by atoms with Crippen LogP contribution in [0.25, 0.3) is 10.9 Å². The summed E-state index contributed by atoms with van der Waals surface area (Å²) in [5.41, 5.74) is 0.800. The molecule has 3 rings (SSSR count). The fraction of sp³-hybridized carbons (Fsp3) is 0.474. The van der Waals surface area contributed by atoms with Crippen LogP contribution in [0.15, 0.2) is 35.1 Å². The highest BCUT2D eigenvalue weighted by atomic mass is 16.5. The predicted octanol–water partition coefficient (Wildman–Crippen LogP) is 2.85. The van der Waals surface area contributed by atoms with E-state index in [1.807, 2.05) is 18.2 Å². The summed E-state index contributed by atoms with van der Waals surface area (Å²) >= 11 is 0. The molecule has 1 heterocycles. The van der Waals surface area contributed by atoms with Crippen LogP contribution in [0, 0.1) is 5.92 Å². The lowest BCUT2D eigenvalue weighted by molar-refractivity contribution is -0.00293. The Morgan fingerprint density at radius 2 is 2.08 bits per heavy atom. The van der Waals surface area contributed by atoms with Gasteiger partial charge in [0.25, 0.3) is 5.91 Å². The van der Waals surface area contributed by atoms with E-state index >= 15 is 0 Å². The highest BCUT2D eigenvalue weighted by molar-refractivity contribution is 6.05. The summed E-state index contributed by atoms with van der Waals surface area (Å²) in [6, 6.07) is 8.66. The highest BCUT2D eigenvalue weighted by Crippen LogP contribution is 2.26. The molecule has 5 nitrogen and oxygen atoms in total. The topological polar surface area (TPSA) is 71.2 Å². The van der Waals surface area contributed by atoms with E-state index < -0.39 is 0 Å². The second-order valence-corrected chi connectivity index (χ2v) is 6.52. The summed E-state index contributed by atoms with van der Waals surface area (Å²) < 4.78 is 5.91. The van der Waals surface area contributed by atoms with Crippen LogP contribution in [0.4, 0.5) is 0 Å². The molecule has 1 fully saturated rings. The van der Waals surface area contributed by atoms with Crippen LogP contribution in [-0.4, -0.2) is 30.1 Å². The minimum absolute atomic E-state index is 0.238. The van der Waals surface area contributed by atoms with Crippen LogP contribution in [-0.2, 0) is 4.74 Å². The Balaban J connectivity index is 1.58. The molecule has 24 heavy (non-hydrogen) atoms. The molecule has 1 amide bonds. The smallest absolute Gasteiger partial charge is 0.252 e. The minimum Gasteiger partial charge on any atom is -0.376 e. The molecule has 0 spiro atoms. The van der Waals surface area contributed by atoms with Gasteiger partial charge in [0.05, 0.1) is 18.3 Å². The quantitative estimate of drug-likeness (QED) is 0.829. The number of para-hydroxylation sites is 1. The maximum Gasteiger partial charge on any atom is 0.252 e.